The lowest BCUT2D eigenvalue weighted by molar-refractivity contribution is 0.0925. The Morgan fingerprint density at radius 1 is 1.22 bits per heavy atom. The van der Waals surface area contributed by atoms with Gasteiger partial charge in [0, 0.05) is 18.5 Å². The normalized spacial score (nSPS) is 17.8. The summed E-state index contributed by atoms with van der Waals surface area (Å²) in [6.07, 6.45) is 2.16. The Labute approximate surface area is 188 Å². The fourth-order valence-electron chi connectivity index (χ4n) is 3.94. The van der Waals surface area contributed by atoms with Crippen molar-refractivity contribution in [2.24, 2.45) is 0 Å². The van der Waals surface area contributed by atoms with Crippen molar-refractivity contribution < 1.29 is 18.3 Å². The number of hydrogen-bond donors (Lipinski definition) is 2. The van der Waals surface area contributed by atoms with Crippen molar-refractivity contribution >= 4 is 26.7 Å². The van der Waals surface area contributed by atoms with E-state index in [1.54, 1.807) is 19.9 Å². The summed E-state index contributed by atoms with van der Waals surface area (Å²) >= 11 is 0. The molecule has 0 spiro atoms. The van der Waals surface area contributed by atoms with E-state index in [0.29, 0.717) is 42.4 Å². The van der Waals surface area contributed by atoms with Gasteiger partial charge in [0.15, 0.2) is 9.84 Å². The van der Waals surface area contributed by atoms with Crippen LogP contribution in [0.2, 0.25) is 0 Å². The van der Waals surface area contributed by atoms with Crippen LogP contribution in [0.4, 0.5) is 5.82 Å². The first-order valence-electron chi connectivity index (χ1n) is 10.8. The van der Waals surface area contributed by atoms with Crippen LogP contribution < -0.4 is 4.90 Å². The second-order valence-electron chi connectivity index (χ2n) is 8.79. The fraction of sp³-hybridized carbons (Fsp3) is 0.478. The van der Waals surface area contributed by atoms with E-state index in [1.807, 2.05) is 24.3 Å². The fourth-order valence-corrected chi connectivity index (χ4v) is 4.49. The molecule has 1 fully saturated rings. The van der Waals surface area contributed by atoms with Crippen molar-refractivity contribution in [1.29, 1.82) is 0 Å². The van der Waals surface area contributed by atoms with Crippen LogP contribution in [0.25, 0.3) is 22.4 Å². The Balaban J connectivity index is 1.89. The molecule has 2 N–H and O–H groups in total. The van der Waals surface area contributed by atoms with Crippen LogP contribution in [0.5, 0.6) is 0 Å². The molecule has 3 aromatic heterocycles. The van der Waals surface area contributed by atoms with E-state index in [1.165, 1.54) is 6.26 Å². The van der Waals surface area contributed by atoms with Crippen LogP contribution >= 0.6 is 0 Å². The molecule has 4 rings (SSSR count). The van der Waals surface area contributed by atoms with Crippen LogP contribution in [-0.4, -0.2) is 60.5 Å². The first-order valence-corrected chi connectivity index (χ1v) is 12.7. The summed E-state index contributed by atoms with van der Waals surface area (Å²) in [5.41, 5.74) is 4.17. The van der Waals surface area contributed by atoms with Crippen molar-refractivity contribution in [2.75, 3.05) is 30.9 Å². The third-order valence-electron chi connectivity index (χ3n) is 6.39. The van der Waals surface area contributed by atoms with Crippen molar-refractivity contribution in [3.63, 3.8) is 0 Å². The zero-order valence-electron chi connectivity index (χ0n) is 18.9. The number of hydrogen-bond acceptors (Lipinski definition) is 7. The van der Waals surface area contributed by atoms with E-state index in [-0.39, 0.29) is 12.6 Å². The van der Waals surface area contributed by atoms with E-state index in [0.717, 1.165) is 23.3 Å². The molecule has 0 saturated carbocycles. The van der Waals surface area contributed by atoms with Crippen molar-refractivity contribution in [2.45, 2.75) is 44.6 Å². The number of pyridine rings is 2. The summed E-state index contributed by atoms with van der Waals surface area (Å²) in [6, 6.07) is 9.44. The zero-order valence-corrected chi connectivity index (χ0v) is 19.7. The zero-order chi connectivity index (χ0) is 23.1. The van der Waals surface area contributed by atoms with E-state index in [4.69, 9.17) is 14.7 Å². The smallest absolute Gasteiger partial charge is 0.156 e. The van der Waals surface area contributed by atoms with Crippen LogP contribution in [0, 0.1) is 0 Å². The van der Waals surface area contributed by atoms with Crippen LogP contribution in [0.1, 0.15) is 38.4 Å². The lowest BCUT2D eigenvalue weighted by Gasteiger charge is -2.37. The number of nitrogens with zero attached hydrogens (tertiary/aromatic N) is 3. The molecule has 1 atom stereocenters. The predicted molar refractivity (Wildman–Crippen MR) is 125 cm³/mol. The summed E-state index contributed by atoms with van der Waals surface area (Å²) in [4.78, 5) is 15.0. The maximum Gasteiger partial charge on any atom is 0.156 e. The van der Waals surface area contributed by atoms with E-state index >= 15 is 0 Å². The van der Waals surface area contributed by atoms with Gasteiger partial charge in [0.1, 0.15) is 5.82 Å². The number of aliphatic hydroxyl groups excluding tert-OH is 1. The molecule has 172 valence electrons. The first-order chi connectivity index (χ1) is 15.1. The van der Waals surface area contributed by atoms with Crippen LogP contribution in [-0.2, 0) is 25.9 Å². The molecule has 0 bridgehead atoms. The highest BCUT2D eigenvalue weighted by Gasteiger charge is 2.34. The number of anilines is 1. The Morgan fingerprint density at radius 3 is 2.69 bits per heavy atom. The minimum Gasteiger partial charge on any atom is -0.390 e. The predicted octanol–water partition coefficient (Wildman–Crippen LogP) is 3.01. The number of nitrogens with one attached hydrogen (secondary N) is 1. The van der Waals surface area contributed by atoms with E-state index in [9.17, 15) is 13.5 Å². The molecule has 32 heavy (non-hydrogen) atoms. The van der Waals surface area contributed by atoms with Crippen molar-refractivity contribution in [1.82, 2.24) is 15.0 Å². The second kappa shape index (κ2) is 8.46. The highest BCUT2D eigenvalue weighted by molar-refractivity contribution is 7.91. The maximum absolute atomic E-state index is 12.6. The number of H-pyrrole nitrogens is 1. The molecule has 9 heteroatoms. The molecular weight excluding hydrogens is 428 g/mol. The quantitative estimate of drug-likeness (QED) is 0.584. The van der Waals surface area contributed by atoms with Crippen LogP contribution in [0.3, 0.4) is 0 Å². The summed E-state index contributed by atoms with van der Waals surface area (Å²) in [5.74, 6) is 0.733. The molecule has 4 heterocycles. The first kappa shape index (κ1) is 22.7. The van der Waals surface area contributed by atoms with Gasteiger partial charge in [-0.1, -0.05) is 6.92 Å². The molecule has 1 aliphatic heterocycles. The minimum atomic E-state index is -3.38. The molecule has 3 aromatic rings. The minimum absolute atomic E-state index is 0.0957. The average Bonchev–Trinajstić information content (AvgIpc) is 3.20. The third-order valence-corrected chi connectivity index (χ3v) is 8.48. The SMILES string of the molecule is CC[C@H]1COCCN1c1cc(C(C)(C)S(C)(=O)=O)cc(-c2ccc3[nH]c(CO)cc3n2)n1. The van der Waals surface area contributed by atoms with Gasteiger partial charge in [0.2, 0.25) is 0 Å². The van der Waals surface area contributed by atoms with Gasteiger partial charge in [0.25, 0.3) is 0 Å². The van der Waals surface area contributed by atoms with Gasteiger partial charge in [-0.25, -0.2) is 18.4 Å². The summed E-state index contributed by atoms with van der Waals surface area (Å²) in [5, 5.41) is 9.41. The van der Waals surface area contributed by atoms with Gasteiger partial charge in [-0.05, 0) is 56.2 Å². The summed E-state index contributed by atoms with van der Waals surface area (Å²) in [6.45, 7) is 7.36. The summed E-state index contributed by atoms with van der Waals surface area (Å²) < 4.78 is 29.8. The lowest BCUT2D eigenvalue weighted by Crippen LogP contribution is -2.45. The molecule has 0 aromatic carbocycles. The van der Waals surface area contributed by atoms with Crippen molar-refractivity contribution in [3.05, 3.63) is 41.6 Å². The molecule has 0 amide bonds. The summed E-state index contributed by atoms with van der Waals surface area (Å²) in [7, 11) is -3.38. The number of fused-ring (bicyclic) bond motifs is 1. The number of rotatable bonds is 6. The van der Waals surface area contributed by atoms with Gasteiger partial charge in [-0.2, -0.15) is 0 Å². The van der Waals surface area contributed by atoms with Crippen LogP contribution in [0.15, 0.2) is 30.3 Å². The number of sulfone groups is 1. The Kier molecular flexibility index (Phi) is 6.00. The lowest BCUT2D eigenvalue weighted by atomic mass is 10.0. The number of aromatic amines is 1. The van der Waals surface area contributed by atoms with Gasteiger partial charge in [-0.3, -0.25) is 0 Å². The molecule has 8 nitrogen and oxygen atoms in total. The van der Waals surface area contributed by atoms with Gasteiger partial charge in [-0.15, -0.1) is 0 Å². The molecule has 0 radical (unpaired) electrons. The van der Waals surface area contributed by atoms with Gasteiger partial charge in [0.05, 0.1) is 53.0 Å². The Hall–Kier alpha value is -2.49. The van der Waals surface area contributed by atoms with Gasteiger partial charge >= 0.3 is 0 Å². The second-order valence-corrected chi connectivity index (χ2v) is 11.4. The van der Waals surface area contributed by atoms with Crippen molar-refractivity contribution in [3.8, 4) is 11.4 Å². The molecule has 1 saturated heterocycles. The third kappa shape index (κ3) is 4.12. The Bertz CT molecular complexity index is 1240. The maximum atomic E-state index is 12.6. The monoisotopic (exact) mass is 458 g/mol. The number of ether oxygens (including phenoxy) is 1. The van der Waals surface area contributed by atoms with E-state index in [2.05, 4.69) is 16.8 Å². The highest BCUT2D eigenvalue weighted by atomic mass is 32.2. The standard InChI is InChI=1S/C23H30N4O4S/c1-5-17-14-31-9-8-27(17)22-11-15(23(2,3)32(4,29)30)10-20(26-22)19-7-6-18-21(25-19)12-16(13-28)24-18/h6-7,10-12,17,24,28H,5,8-9,13-14H2,1-4H3/t17-/m0/s1. The molecule has 0 aliphatic carbocycles. The number of aliphatic hydroxyl groups is 1. The number of morpholine rings is 1. The molecule has 1 aliphatic rings. The average molecular weight is 459 g/mol. The number of aromatic nitrogens is 3. The molecular formula is C23H30N4O4S. The van der Waals surface area contributed by atoms with E-state index < -0.39 is 14.6 Å². The largest absolute Gasteiger partial charge is 0.390 e. The molecule has 0 unspecified atom stereocenters. The Morgan fingerprint density at radius 2 is 2.00 bits per heavy atom. The topological polar surface area (TPSA) is 108 Å². The highest BCUT2D eigenvalue weighted by Crippen LogP contribution is 2.35. The van der Waals surface area contributed by atoms with Gasteiger partial charge < -0.3 is 19.7 Å².